The van der Waals surface area contributed by atoms with Crippen molar-refractivity contribution in [2.75, 3.05) is 32.8 Å². The summed E-state index contributed by atoms with van der Waals surface area (Å²) in [5, 5.41) is 2.90. The van der Waals surface area contributed by atoms with E-state index in [2.05, 4.69) is 10.2 Å². The summed E-state index contributed by atoms with van der Waals surface area (Å²) in [6.07, 6.45) is 5.41. The van der Waals surface area contributed by atoms with Crippen LogP contribution in [0.2, 0.25) is 0 Å². The molecule has 1 heterocycles. The molecule has 1 rings (SSSR count). The third-order valence-electron chi connectivity index (χ3n) is 3.00. The minimum Gasteiger partial charge on any atom is -0.369 e. The molecular formula is C13H26N2O2. The molecule has 1 aliphatic heterocycles. The first-order valence-electron chi connectivity index (χ1n) is 6.79. The first-order chi connectivity index (χ1) is 8.18. The number of hydrogen-bond donors (Lipinski definition) is 1. The van der Waals surface area contributed by atoms with Crippen LogP contribution >= 0.6 is 0 Å². The normalized spacial score (nSPS) is 18.1. The van der Waals surface area contributed by atoms with Crippen LogP contribution in [0, 0.1) is 0 Å². The topological polar surface area (TPSA) is 41.6 Å². The van der Waals surface area contributed by atoms with Gasteiger partial charge in [0.1, 0.15) is 6.61 Å². The van der Waals surface area contributed by atoms with Crippen LogP contribution in [0.1, 0.15) is 39.5 Å². The molecule has 1 aliphatic rings. The molecule has 1 amide bonds. The summed E-state index contributed by atoms with van der Waals surface area (Å²) in [7, 11) is 0. The van der Waals surface area contributed by atoms with Crippen LogP contribution in [0.3, 0.4) is 0 Å². The Bertz CT molecular complexity index is 211. The van der Waals surface area contributed by atoms with Crippen LogP contribution in [0.4, 0.5) is 0 Å². The first kappa shape index (κ1) is 14.5. The standard InChI is InChI=1S/C13H26N2O2/c1-12(2)17-11-13(16)14-7-10-15-8-5-3-4-6-9-15/h12H,3-11H2,1-2H3,(H,14,16). The van der Waals surface area contributed by atoms with Crippen LogP contribution in [-0.4, -0.2) is 49.7 Å². The molecule has 0 aliphatic carbocycles. The monoisotopic (exact) mass is 242 g/mol. The van der Waals surface area contributed by atoms with E-state index in [9.17, 15) is 4.79 Å². The molecule has 0 aromatic rings. The Morgan fingerprint density at radius 3 is 2.47 bits per heavy atom. The van der Waals surface area contributed by atoms with Crippen molar-refractivity contribution in [1.29, 1.82) is 0 Å². The molecule has 0 aromatic carbocycles. The molecule has 1 N–H and O–H groups in total. The van der Waals surface area contributed by atoms with Gasteiger partial charge in [-0.2, -0.15) is 0 Å². The Labute approximate surface area is 105 Å². The van der Waals surface area contributed by atoms with E-state index in [1.807, 2.05) is 13.8 Å². The summed E-state index contributed by atoms with van der Waals surface area (Å²) in [5.41, 5.74) is 0. The van der Waals surface area contributed by atoms with Gasteiger partial charge in [0.05, 0.1) is 6.10 Å². The molecule has 0 unspecified atom stereocenters. The quantitative estimate of drug-likeness (QED) is 0.765. The summed E-state index contributed by atoms with van der Waals surface area (Å²) in [6, 6.07) is 0. The number of likely N-dealkylation sites (tertiary alicyclic amines) is 1. The van der Waals surface area contributed by atoms with Crippen molar-refractivity contribution in [3.63, 3.8) is 0 Å². The molecule has 0 radical (unpaired) electrons. The number of nitrogens with one attached hydrogen (secondary N) is 1. The van der Waals surface area contributed by atoms with E-state index in [0.29, 0.717) is 0 Å². The van der Waals surface area contributed by atoms with Crippen molar-refractivity contribution in [2.45, 2.75) is 45.6 Å². The summed E-state index contributed by atoms with van der Waals surface area (Å²) in [6.45, 7) is 8.11. The summed E-state index contributed by atoms with van der Waals surface area (Å²) in [5.74, 6) is -0.00600. The predicted molar refractivity (Wildman–Crippen MR) is 69.0 cm³/mol. The molecule has 4 heteroatoms. The van der Waals surface area contributed by atoms with Crippen LogP contribution < -0.4 is 5.32 Å². The van der Waals surface area contributed by atoms with E-state index < -0.39 is 0 Å². The van der Waals surface area contributed by atoms with Crippen LogP contribution in [0.25, 0.3) is 0 Å². The van der Waals surface area contributed by atoms with Crippen molar-refractivity contribution < 1.29 is 9.53 Å². The number of carbonyl (C=O) groups is 1. The van der Waals surface area contributed by atoms with Gasteiger partial charge in [-0.05, 0) is 39.8 Å². The summed E-state index contributed by atoms with van der Waals surface area (Å²) < 4.78 is 5.24. The van der Waals surface area contributed by atoms with E-state index in [4.69, 9.17) is 4.74 Å². The molecule has 0 saturated carbocycles. The van der Waals surface area contributed by atoms with Gasteiger partial charge in [-0.25, -0.2) is 0 Å². The second kappa shape index (κ2) is 8.48. The van der Waals surface area contributed by atoms with Crippen molar-refractivity contribution in [1.82, 2.24) is 10.2 Å². The summed E-state index contributed by atoms with van der Waals surface area (Å²) in [4.78, 5) is 13.8. The number of nitrogens with zero attached hydrogens (tertiary/aromatic N) is 1. The second-order valence-electron chi connectivity index (χ2n) is 4.97. The van der Waals surface area contributed by atoms with Gasteiger partial charge in [-0.1, -0.05) is 12.8 Å². The Kier molecular flexibility index (Phi) is 7.21. The fourth-order valence-corrected chi connectivity index (χ4v) is 2.01. The molecular weight excluding hydrogens is 216 g/mol. The SMILES string of the molecule is CC(C)OCC(=O)NCCN1CCCCCC1. The molecule has 100 valence electrons. The minimum atomic E-state index is -0.00600. The highest BCUT2D eigenvalue weighted by atomic mass is 16.5. The molecule has 1 saturated heterocycles. The zero-order valence-corrected chi connectivity index (χ0v) is 11.2. The van der Waals surface area contributed by atoms with Gasteiger partial charge in [0.15, 0.2) is 0 Å². The molecule has 0 spiro atoms. The van der Waals surface area contributed by atoms with Gasteiger partial charge >= 0.3 is 0 Å². The lowest BCUT2D eigenvalue weighted by molar-refractivity contribution is -0.127. The van der Waals surface area contributed by atoms with Gasteiger partial charge < -0.3 is 15.0 Å². The van der Waals surface area contributed by atoms with E-state index in [0.717, 1.165) is 13.1 Å². The van der Waals surface area contributed by atoms with Gasteiger partial charge in [-0.15, -0.1) is 0 Å². The van der Waals surface area contributed by atoms with Crippen molar-refractivity contribution in [3.8, 4) is 0 Å². The fraction of sp³-hybridized carbons (Fsp3) is 0.923. The predicted octanol–water partition coefficient (Wildman–Crippen LogP) is 1.40. The summed E-state index contributed by atoms with van der Waals surface area (Å²) >= 11 is 0. The maximum atomic E-state index is 11.4. The number of carbonyl (C=O) groups excluding carboxylic acids is 1. The van der Waals surface area contributed by atoms with Gasteiger partial charge in [-0.3, -0.25) is 4.79 Å². The van der Waals surface area contributed by atoms with E-state index in [1.54, 1.807) is 0 Å². The van der Waals surface area contributed by atoms with E-state index in [1.165, 1.54) is 38.8 Å². The van der Waals surface area contributed by atoms with E-state index >= 15 is 0 Å². The third kappa shape index (κ3) is 7.34. The lowest BCUT2D eigenvalue weighted by Gasteiger charge is -2.19. The molecule has 0 aromatic heterocycles. The molecule has 0 atom stereocenters. The van der Waals surface area contributed by atoms with E-state index in [-0.39, 0.29) is 18.6 Å². The third-order valence-corrected chi connectivity index (χ3v) is 3.00. The van der Waals surface area contributed by atoms with Crippen LogP contribution in [0.15, 0.2) is 0 Å². The zero-order chi connectivity index (χ0) is 12.5. The second-order valence-corrected chi connectivity index (χ2v) is 4.97. The maximum Gasteiger partial charge on any atom is 0.246 e. The number of ether oxygens (including phenoxy) is 1. The average molecular weight is 242 g/mol. The molecule has 1 fully saturated rings. The van der Waals surface area contributed by atoms with Crippen LogP contribution in [0.5, 0.6) is 0 Å². The number of amides is 1. The van der Waals surface area contributed by atoms with Gasteiger partial charge in [0.25, 0.3) is 0 Å². The Hall–Kier alpha value is -0.610. The largest absolute Gasteiger partial charge is 0.369 e. The smallest absolute Gasteiger partial charge is 0.246 e. The number of rotatable bonds is 6. The molecule has 17 heavy (non-hydrogen) atoms. The molecule has 0 bridgehead atoms. The van der Waals surface area contributed by atoms with Crippen molar-refractivity contribution in [2.24, 2.45) is 0 Å². The molecule has 4 nitrogen and oxygen atoms in total. The van der Waals surface area contributed by atoms with Gasteiger partial charge in [0.2, 0.25) is 5.91 Å². The van der Waals surface area contributed by atoms with Crippen LogP contribution in [-0.2, 0) is 9.53 Å². The number of hydrogen-bond acceptors (Lipinski definition) is 3. The van der Waals surface area contributed by atoms with Crippen molar-refractivity contribution in [3.05, 3.63) is 0 Å². The highest BCUT2D eigenvalue weighted by molar-refractivity contribution is 5.77. The van der Waals surface area contributed by atoms with Gasteiger partial charge in [0, 0.05) is 13.1 Å². The lowest BCUT2D eigenvalue weighted by atomic mass is 10.2. The minimum absolute atomic E-state index is 0.00600. The first-order valence-corrected chi connectivity index (χ1v) is 6.79. The maximum absolute atomic E-state index is 11.4. The average Bonchev–Trinajstić information content (AvgIpc) is 2.55. The fourth-order valence-electron chi connectivity index (χ4n) is 2.01. The zero-order valence-electron chi connectivity index (χ0n) is 11.2. The highest BCUT2D eigenvalue weighted by Gasteiger charge is 2.09. The lowest BCUT2D eigenvalue weighted by Crippen LogP contribution is -2.37. The highest BCUT2D eigenvalue weighted by Crippen LogP contribution is 2.08. The Morgan fingerprint density at radius 2 is 1.88 bits per heavy atom. The van der Waals surface area contributed by atoms with Crippen molar-refractivity contribution >= 4 is 5.91 Å². The Morgan fingerprint density at radius 1 is 1.24 bits per heavy atom. The Balaban J connectivity index is 2.03.